The minimum absolute atomic E-state index is 0.00603. The Morgan fingerprint density at radius 3 is 2.79 bits per heavy atom. The van der Waals surface area contributed by atoms with Crippen LogP contribution in [0.25, 0.3) is 11.0 Å². The number of fused-ring (bicyclic) bond motifs is 1. The van der Waals surface area contributed by atoms with Crippen LogP contribution in [0.1, 0.15) is 5.82 Å². The maximum absolute atomic E-state index is 11.9. The highest BCUT2D eigenvalue weighted by Crippen LogP contribution is 2.26. The van der Waals surface area contributed by atoms with E-state index in [1.165, 1.54) is 0 Å². The molecule has 0 N–H and O–H groups in total. The molecule has 1 amide bonds. The summed E-state index contributed by atoms with van der Waals surface area (Å²) in [5.41, 5.74) is 1.58. The van der Waals surface area contributed by atoms with Gasteiger partial charge in [-0.2, -0.15) is 0 Å². The summed E-state index contributed by atoms with van der Waals surface area (Å²) >= 11 is 5.91. The number of amides is 1. The van der Waals surface area contributed by atoms with E-state index in [9.17, 15) is 4.79 Å². The lowest BCUT2D eigenvalue weighted by Gasteiger charge is -2.12. The third-order valence-corrected chi connectivity index (χ3v) is 3.19. The molecular formula is C13H16ClN3O2. The van der Waals surface area contributed by atoms with Crippen molar-refractivity contribution in [3.05, 3.63) is 24.0 Å². The van der Waals surface area contributed by atoms with Gasteiger partial charge in [0, 0.05) is 14.1 Å². The molecule has 0 aliphatic rings. The Hall–Kier alpha value is -1.75. The predicted molar refractivity (Wildman–Crippen MR) is 74.5 cm³/mol. The second-order valence-electron chi connectivity index (χ2n) is 4.36. The molecule has 2 rings (SSSR count). The second-order valence-corrected chi connectivity index (χ2v) is 4.63. The van der Waals surface area contributed by atoms with Gasteiger partial charge in [0.15, 0.2) is 0 Å². The van der Waals surface area contributed by atoms with Crippen molar-refractivity contribution < 1.29 is 9.53 Å². The normalized spacial score (nSPS) is 10.7. The summed E-state index contributed by atoms with van der Waals surface area (Å²) in [7, 11) is 5.05. The van der Waals surface area contributed by atoms with Gasteiger partial charge in [-0.15, -0.1) is 11.6 Å². The smallest absolute Gasteiger partial charge is 0.242 e. The molecule has 19 heavy (non-hydrogen) atoms. The largest absolute Gasteiger partial charge is 0.494 e. The molecule has 2 aromatic rings. The van der Waals surface area contributed by atoms with Gasteiger partial charge in [0.1, 0.15) is 23.6 Å². The van der Waals surface area contributed by atoms with E-state index in [4.69, 9.17) is 16.3 Å². The number of rotatable bonds is 4. The molecular weight excluding hydrogens is 266 g/mol. The monoisotopic (exact) mass is 281 g/mol. The van der Waals surface area contributed by atoms with E-state index in [1.807, 2.05) is 22.8 Å². The summed E-state index contributed by atoms with van der Waals surface area (Å²) in [5.74, 6) is 1.59. The first-order valence-corrected chi connectivity index (χ1v) is 6.40. The predicted octanol–water partition coefficient (Wildman–Crippen LogP) is 1.87. The molecule has 1 heterocycles. The first-order valence-electron chi connectivity index (χ1n) is 5.86. The Morgan fingerprint density at radius 1 is 1.47 bits per heavy atom. The molecule has 1 aromatic carbocycles. The van der Waals surface area contributed by atoms with Crippen molar-refractivity contribution in [1.82, 2.24) is 14.5 Å². The number of carbonyl (C=O) groups is 1. The Bertz CT molecular complexity index is 607. The molecule has 6 heteroatoms. The number of aromatic nitrogens is 2. The van der Waals surface area contributed by atoms with E-state index in [0.717, 1.165) is 11.0 Å². The van der Waals surface area contributed by atoms with Crippen LogP contribution in [0.2, 0.25) is 0 Å². The van der Waals surface area contributed by atoms with Gasteiger partial charge >= 0.3 is 0 Å². The number of imidazole rings is 1. The van der Waals surface area contributed by atoms with Crippen molar-refractivity contribution in [1.29, 1.82) is 0 Å². The van der Waals surface area contributed by atoms with Crippen LogP contribution in [-0.2, 0) is 17.2 Å². The minimum Gasteiger partial charge on any atom is -0.494 e. The fourth-order valence-corrected chi connectivity index (χ4v) is 2.09. The van der Waals surface area contributed by atoms with Crippen LogP contribution >= 0.6 is 11.6 Å². The maximum Gasteiger partial charge on any atom is 0.242 e. The third kappa shape index (κ3) is 2.51. The summed E-state index contributed by atoms with van der Waals surface area (Å²) in [6, 6.07) is 5.62. The lowest BCUT2D eigenvalue weighted by molar-refractivity contribution is -0.129. The van der Waals surface area contributed by atoms with E-state index in [-0.39, 0.29) is 18.3 Å². The van der Waals surface area contributed by atoms with Crippen LogP contribution in [-0.4, -0.2) is 41.6 Å². The number of likely N-dealkylation sites (N-methyl/N-ethyl adjacent to an activating group) is 1. The van der Waals surface area contributed by atoms with Gasteiger partial charge in [-0.05, 0) is 12.1 Å². The zero-order valence-electron chi connectivity index (χ0n) is 11.2. The van der Waals surface area contributed by atoms with Gasteiger partial charge in [-0.25, -0.2) is 4.98 Å². The van der Waals surface area contributed by atoms with Crippen LogP contribution in [0.4, 0.5) is 0 Å². The first-order chi connectivity index (χ1) is 9.08. The number of halogens is 1. The van der Waals surface area contributed by atoms with Gasteiger partial charge in [0.05, 0.1) is 18.5 Å². The van der Waals surface area contributed by atoms with Gasteiger partial charge in [0.25, 0.3) is 0 Å². The molecule has 0 bridgehead atoms. The van der Waals surface area contributed by atoms with Crippen molar-refractivity contribution >= 4 is 28.5 Å². The standard InChI is InChI=1S/C13H16ClN3O2/c1-16(2)12(18)8-17-9-5-4-6-10(19-3)13(9)15-11(17)7-14/h4-6H,7-8H2,1-3H3. The number of para-hydroxylation sites is 1. The van der Waals surface area contributed by atoms with E-state index >= 15 is 0 Å². The van der Waals surface area contributed by atoms with Crippen molar-refractivity contribution in [2.75, 3.05) is 21.2 Å². The van der Waals surface area contributed by atoms with Crippen molar-refractivity contribution in [2.24, 2.45) is 0 Å². The van der Waals surface area contributed by atoms with E-state index in [0.29, 0.717) is 11.6 Å². The van der Waals surface area contributed by atoms with Crippen molar-refractivity contribution in [3.8, 4) is 5.75 Å². The lowest BCUT2D eigenvalue weighted by Crippen LogP contribution is -2.26. The number of hydrogen-bond donors (Lipinski definition) is 0. The Kier molecular flexibility index (Phi) is 3.95. The van der Waals surface area contributed by atoms with Crippen molar-refractivity contribution in [2.45, 2.75) is 12.4 Å². The van der Waals surface area contributed by atoms with Gasteiger partial charge in [-0.3, -0.25) is 4.79 Å². The van der Waals surface area contributed by atoms with Crippen LogP contribution in [0.15, 0.2) is 18.2 Å². The number of methoxy groups -OCH3 is 1. The molecule has 0 saturated heterocycles. The molecule has 0 spiro atoms. The number of hydrogen-bond acceptors (Lipinski definition) is 3. The van der Waals surface area contributed by atoms with E-state index < -0.39 is 0 Å². The summed E-state index contributed by atoms with van der Waals surface area (Å²) in [6.45, 7) is 0.221. The SMILES string of the molecule is COc1cccc2c1nc(CCl)n2CC(=O)N(C)C. The number of nitrogens with zero attached hydrogens (tertiary/aromatic N) is 3. The number of ether oxygens (including phenoxy) is 1. The average molecular weight is 282 g/mol. The molecule has 0 fully saturated rings. The number of benzene rings is 1. The zero-order chi connectivity index (χ0) is 14.0. The molecule has 0 atom stereocenters. The maximum atomic E-state index is 11.9. The lowest BCUT2D eigenvalue weighted by atomic mass is 10.3. The third-order valence-electron chi connectivity index (χ3n) is 2.95. The Balaban J connectivity index is 2.55. The van der Waals surface area contributed by atoms with E-state index in [1.54, 1.807) is 26.1 Å². The van der Waals surface area contributed by atoms with Gasteiger partial charge < -0.3 is 14.2 Å². The molecule has 0 aliphatic heterocycles. The molecule has 102 valence electrons. The minimum atomic E-state index is -0.00603. The summed E-state index contributed by atoms with van der Waals surface area (Å²) in [6.07, 6.45) is 0. The fourth-order valence-electron chi connectivity index (χ4n) is 1.89. The highest BCUT2D eigenvalue weighted by molar-refractivity contribution is 6.17. The van der Waals surface area contributed by atoms with Crippen LogP contribution in [0, 0.1) is 0 Å². The average Bonchev–Trinajstić information content (AvgIpc) is 2.76. The molecule has 0 aliphatic carbocycles. The summed E-state index contributed by atoms with van der Waals surface area (Å²) in [5, 5.41) is 0. The van der Waals surface area contributed by atoms with Crippen LogP contribution in [0.3, 0.4) is 0 Å². The van der Waals surface area contributed by atoms with Gasteiger partial charge in [0.2, 0.25) is 5.91 Å². The molecule has 5 nitrogen and oxygen atoms in total. The Labute approximate surface area is 116 Å². The van der Waals surface area contributed by atoms with E-state index in [2.05, 4.69) is 4.98 Å². The molecule has 0 saturated carbocycles. The topological polar surface area (TPSA) is 47.4 Å². The van der Waals surface area contributed by atoms with Crippen molar-refractivity contribution in [3.63, 3.8) is 0 Å². The highest BCUT2D eigenvalue weighted by atomic mass is 35.5. The molecule has 1 aromatic heterocycles. The van der Waals surface area contributed by atoms with Crippen LogP contribution < -0.4 is 4.74 Å². The molecule has 0 unspecified atom stereocenters. The second kappa shape index (κ2) is 5.48. The summed E-state index contributed by atoms with van der Waals surface area (Å²) in [4.78, 5) is 17.9. The zero-order valence-corrected chi connectivity index (χ0v) is 11.9. The quantitative estimate of drug-likeness (QED) is 0.804. The fraction of sp³-hybridized carbons (Fsp3) is 0.385. The Morgan fingerprint density at radius 2 is 2.21 bits per heavy atom. The van der Waals surface area contributed by atoms with Gasteiger partial charge in [-0.1, -0.05) is 6.07 Å². The van der Waals surface area contributed by atoms with Crippen LogP contribution in [0.5, 0.6) is 5.75 Å². The number of carbonyl (C=O) groups excluding carboxylic acids is 1. The highest BCUT2D eigenvalue weighted by Gasteiger charge is 2.16. The number of alkyl halides is 1. The molecule has 0 radical (unpaired) electrons. The first kappa shape index (κ1) is 13.7. The summed E-state index contributed by atoms with van der Waals surface area (Å²) < 4.78 is 7.11.